The van der Waals surface area contributed by atoms with Crippen LogP contribution in [0.25, 0.3) is 0 Å². The highest BCUT2D eigenvalue weighted by atomic mass is 16.5. The van der Waals surface area contributed by atoms with Crippen molar-refractivity contribution in [1.29, 1.82) is 0 Å². The fourth-order valence-electron chi connectivity index (χ4n) is 1.67. The van der Waals surface area contributed by atoms with Crippen molar-refractivity contribution in [2.24, 2.45) is 0 Å². The molecule has 1 aromatic heterocycles. The van der Waals surface area contributed by atoms with Crippen molar-refractivity contribution in [3.05, 3.63) is 17.2 Å². The first-order valence-electron chi connectivity index (χ1n) is 4.89. The smallest absolute Gasteiger partial charge is 0.115 e. The van der Waals surface area contributed by atoms with Crippen LogP contribution in [0.4, 0.5) is 0 Å². The molecule has 3 heteroatoms. The molecule has 1 saturated carbocycles. The number of nitrogens with one attached hydrogen (secondary N) is 1. The highest BCUT2D eigenvalue weighted by molar-refractivity contribution is 5.31. The maximum atomic E-state index is 5.38. The zero-order valence-electron chi connectivity index (χ0n) is 8.34. The number of aromatic nitrogens is 2. The molecule has 1 aliphatic rings. The fourth-order valence-corrected chi connectivity index (χ4v) is 1.67. The topological polar surface area (TPSA) is 37.9 Å². The molecule has 1 N–H and O–H groups in total. The van der Waals surface area contributed by atoms with Crippen LogP contribution < -0.4 is 0 Å². The minimum absolute atomic E-state index is 0.489. The largest absolute Gasteiger partial charge is 0.378 e. The van der Waals surface area contributed by atoms with Gasteiger partial charge in [0.2, 0.25) is 0 Å². The lowest BCUT2D eigenvalue weighted by Gasteiger charge is -2.22. The van der Waals surface area contributed by atoms with Gasteiger partial charge < -0.3 is 9.72 Å². The Morgan fingerprint density at radius 2 is 2.43 bits per heavy atom. The van der Waals surface area contributed by atoms with E-state index in [1.165, 1.54) is 19.3 Å². The lowest BCUT2D eigenvalue weighted by molar-refractivity contribution is 0.181. The van der Waals surface area contributed by atoms with E-state index in [0.717, 1.165) is 17.2 Å². The molecule has 0 radical (unpaired) electrons. The first-order chi connectivity index (χ1) is 6.85. The van der Waals surface area contributed by atoms with Crippen LogP contribution in [0.1, 0.15) is 42.4 Å². The molecule has 74 valence electrons. The van der Waals surface area contributed by atoms with E-state index in [-0.39, 0.29) is 0 Å². The zero-order chi connectivity index (χ0) is 9.97. The summed E-state index contributed by atoms with van der Waals surface area (Å²) >= 11 is 0. The number of aromatic amines is 1. The Morgan fingerprint density at radius 3 is 2.93 bits per heavy atom. The van der Waals surface area contributed by atoms with Crippen molar-refractivity contribution in [3.63, 3.8) is 0 Å². The molecular formula is C11H14N2O. The summed E-state index contributed by atoms with van der Waals surface area (Å²) in [5.74, 6) is 4.23. The van der Waals surface area contributed by atoms with Gasteiger partial charge >= 0.3 is 0 Å². The summed E-state index contributed by atoms with van der Waals surface area (Å²) in [6.07, 6.45) is 9.13. The summed E-state index contributed by atoms with van der Waals surface area (Å²) in [4.78, 5) is 7.66. The number of terminal acetylenes is 1. The van der Waals surface area contributed by atoms with Gasteiger partial charge in [0.05, 0.1) is 6.61 Å². The molecule has 0 spiro atoms. The molecule has 1 fully saturated rings. The summed E-state index contributed by atoms with van der Waals surface area (Å²) < 4.78 is 5.04. The molecule has 3 nitrogen and oxygen atoms in total. The summed E-state index contributed by atoms with van der Waals surface area (Å²) in [5, 5.41) is 0. The maximum Gasteiger partial charge on any atom is 0.115 e. The lowest BCUT2D eigenvalue weighted by atomic mass is 9.85. The monoisotopic (exact) mass is 190 g/mol. The number of hydrogen-bond donors (Lipinski definition) is 1. The number of imidazole rings is 1. The van der Waals surface area contributed by atoms with Crippen molar-refractivity contribution in [2.45, 2.75) is 31.8 Å². The van der Waals surface area contributed by atoms with Crippen LogP contribution in [0.3, 0.4) is 0 Å². The molecular weight excluding hydrogens is 176 g/mol. The Hall–Kier alpha value is -1.27. The third-order valence-corrected chi connectivity index (χ3v) is 2.71. The maximum absolute atomic E-state index is 5.38. The van der Waals surface area contributed by atoms with Gasteiger partial charge in [-0.15, -0.1) is 6.42 Å². The number of methoxy groups -OCH3 is 1. The first-order valence-corrected chi connectivity index (χ1v) is 4.89. The van der Waals surface area contributed by atoms with Crippen molar-refractivity contribution < 1.29 is 4.74 Å². The SMILES string of the molecule is C#Cc1[nH]c(C2CCC2)nc1COC. The number of H-pyrrole nitrogens is 1. The standard InChI is InChI=1S/C11H14N2O/c1-3-9-10(7-14-2)13-11(12-9)8-5-4-6-8/h1,8H,4-7H2,2H3,(H,12,13). The number of nitrogens with zero attached hydrogens (tertiary/aromatic N) is 1. The van der Waals surface area contributed by atoms with Gasteiger partial charge in [0, 0.05) is 13.0 Å². The average Bonchev–Trinajstić information content (AvgIpc) is 2.46. The van der Waals surface area contributed by atoms with Gasteiger partial charge in [0.1, 0.15) is 17.2 Å². The van der Waals surface area contributed by atoms with Gasteiger partial charge in [-0.1, -0.05) is 12.3 Å². The summed E-state index contributed by atoms with van der Waals surface area (Å²) in [6, 6.07) is 0. The van der Waals surface area contributed by atoms with Crippen molar-refractivity contribution in [1.82, 2.24) is 9.97 Å². The van der Waals surface area contributed by atoms with Gasteiger partial charge in [-0.05, 0) is 12.8 Å². The van der Waals surface area contributed by atoms with E-state index < -0.39 is 0 Å². The molecule has 2 rings (SSSR count). The second-order valence-electron chi connectivity index (χ2n) is 3.65. The predicted octanol–water partition coefficient (Wildman–Crippen LogP) is 1.80. The molecule has 14 heavy (non-hydrogen) atoms. The van der Waals surface area contributed by atoms with Crippen molar-refractivity contribution in [3.8, 4) is 12.3 Å². The van der Waals surface area contributed by atoms with Gasteiger partial charge in [-0.3, -0.25) is 0 Å². The second-order valence-corrected chi connectivity index (χ2v) is 3.65. The number of hydrogen-bond acceptors (Lipinski definition) is 2. The Balaban J connectivity index is 2.22. The Labute approximate surface area is 83.9 Å². The van der Waals surface area contributed by atoms with E-state index in [1.54, 1.807) is 7.11 Å². The van der Waals surface area contributed by atoms with E-state index in [2.05, 4.69) is 15.9 Å². The van der Waals surface area contributed by atoms with Crippen molar-refractivity contribution >= 4 is 0 Å². The molecule has 0 atom stereocenters. The van der Waals surface area contributed by atoms with E-state index in [0.29, 0.717) is 12.5 Å². The predicted molar refractivity (Wildman–Crippen MR) is 53.8 cm³/mol. The van der Waals surface area contributed by atoms with Crippen LogP contribution in [0.15, 0.2) is 0 Å². The average molecular weight is 190 g/mol. The van der Waals surface area contributed by atoms with Crippen LogP contribution in [0.5, 0.6) is 0 Å². The molecule has 0 aliphatic heterocycles. The van der Waals surface area contributed by atoms with Crippen LogP contribution in [-0.4, -0.2) is 17.1 Å². The molecule has 0 amide bonds. The molecule has 0 unspecified atom stereocenters. The van der Waals surface area contributed by atoms with E-state index in [4.69, 9.17) is 11.2 Å². The summed E-state index contributed by atoms with van der Waals surface area (Å²) in [7, 11) is 1.65. The Kier molecular flexibility index (Phi) is 2.55. The Morgan fingerprint density at radius 1 is 1.64 bits per heavy atom. The quantitative estimate of drug-likeness (QED) is 0.738. The molecule has 1 aromatic rings. The molecule has 0 bridgehead atoms. The normalized spacial score (nSPS) is 16.3. The van der Waals surface area contributed by atoms with Crippen LogP contribution in [0.2, 0.25) is 0 Å². The minimum Gasteiger partial charge on any atom is -0.378 e. The fraction of sp³-hybridized carbons (Fsp3) is 0.545. The molecule has 1 aliphatic carbocycles. The Bertz CT molecular complexity index is 358. The highest BCUT2D eigenvalue weighted by Gasteiger charge is 2.23. The number of ether oxygens (including phenoxy) is 1. The first kappa shape index (κ1) is 9.29. The zero-order valence-corrected chi connectivity index (χ0v) is 8.34. The van der Waals surface area contributed by atoms with E-state index >= 15 is 0 Å². The van der Waals surface area contributed by atoms with Crippen molar-refractivity contribution in [2.75, 3.05) is 7.11 Å². The highest BCUT2D eigenvalue weighted by Crippen LogP contribution is 2.34. The minimum atomic E-state index is 0.489. The summed E-state index contributed by atoms with van der Waals surface area (Å²) in [6.45, 7) is 0.489. The van der Waals surface area contributed by atoms with Crippen LogP contribution in [-0.2, 0) is 11.3 Å². The van der Waals surface area contributed by atoms with Gasteiger partial charge in [0.15, 0.2) is 0 Å². The third-order valence-electron chi connectivity index (χ3n) is 2.71. The van der Waals surface area contributed by atoms with Crippen LogP contribution >= 0.6 is 0 Å². The van der Waals surface area contributed by atoms with Gasteiger partial charge in [-0.2, -0.15) is 0 Å². The lowest BCUT2D eigenvalue weighted by Crippen LogP contribution is -2.10. The van der Waals surface area contributed by atoms with Gasteiger partial charge in [-0.25, -0.2) is 4.98 Å². The van der Waals surface area contributed by atoms with E-state index in [1.807, 2.05) is 0 Å². The van der Waals surface area contributed by atoms with Crippen LogP contribution in [0, 0.1) is 12.3 Å². The molecule has 1 heterocycles. The molecule has 0 aromatic carbocycles. The number of rotatable bonds is 3. The van der Waals surface area contributed by atoms with E-state index in [9.17, 15) is 0 Å². The van der Waals surface area contributed by atoms with Gasteiger partial charge in [0.25, 0.3) is 0 Å². The molecule has 0 saturated heterocycles. The third kappa shape index (κ3) is 1.53. The summed E-state index contributed by atoms with van der Waals surface area (Å²) in [5.41, 5.74) is 1.63. The second kappa shape index (κ2) is 3.85.